The Morgan fingerprint density at radius 3 is 2.31 bits per heavy atom. The largest absolute Gasteiger partial charge is 0.0616 e. The van der Waals surface area contributed by atoms with Crippen LogP contribution in [0.4, 0.5) is 0 Å². The SMILES string of the molecule is Cc1ccc2c(c1)-c1ccc(-c3cccc4ccccc34)cc1C2(C)C. The Kier molecular flexibility index (Phi) is 3.15. The van der Waals surface area contributed by atoms with Crippen molar-refractivity contribution in [1.29, 1.82) is 0 Å². The first-order chi connectivity index (χ1) is 12.6. The molecule has 0 heterocycles. The average Bonchev–Trinajstić information content (AvgIpc) is 2.88. The number of hydrogen-bond acceptors (Lipinski definition) is 0. The Morgan fingerprint density at radius 2 is 1.42 bits per heavy atom. The Hall–Kier alpha value is -2.86. The summed E-state index contributed by atoms with van der Waals surface area (Å²) in [5.41, 5.74) is 9.64. The van der Waals surface area contributed by atoms with Crippen molar-refractivity contribution in [1.82, 2.24) is 0 Å². The molecular formula is C26H22. The molecule has 0 heteroatoms. The number of benzene rings is 4. The summed E-state index contributed by atoms with van der Waals surface area (Å²) < 4.78 is 0. The van der Waals surface area contributed by atoms with Crippen LogP contribution in [0.1, 0.15) is 30.5 Å². The normalized spacial score (nSPS) is 14.3. The molecule has 0 N–H and O–H groups in total. The zero-order valence-corrected chi connectivity index (χ0v) is 15.5. The molecule has 4 aromatic rings. The van der Waals surface area contributed by atoms with Crippen LogP contribution in [0.15, 0.2) is 78.9 Å². The van der Waals surface area contributed by atoms with Gasteiger partial charge in [-0.05, 0) is 57.1 Å². The second kappa shape index (κ2) is 5.32. The van der Waals surface area contributed by atoms with Crippen LogP contribution in [-0.2, 0) is 5.41 Å². The van der Waals surface area contributed by atoms with Gasteiger partial charge in [0.2, 0.25) is 0 Å². The van der Waals surface area contributed by atoms with Crippen LogP contribution in [-0.4, -0.2) is 0 Å². The van der Waals surface area contributed by atoms with Crippen LogP contribution in [0.3, 0.4) is 0 Å². The molecule has 126 valence electrons. The van der Waals surface area contributed by atoms with E-state index in [9.17, 15) is 0 Å². The lowest BCUT2D eigenvalue weighted by Crippen LogP contribution is -2.15. The van der Waals surface area contributed by atoms with Crippen molar-refractivity contribution < 1.29 is 0 Å². The molecule has 0 nitrogen and oxygen atoms in total. The van der Waals surface area contributed by atoms with E-state index in [4.69, 9.17) is 0 Å². The van der Waals surface area contributed by atoms with E-state index in [0.717, 1.165) is 0 Å². The number of aryl methyl sites for hydroxylation is 1. The fourth-order valence-electron chi connectivity index (χ4n) is 4.51. The first-order valence-corrected chi connectivity index (χ1v) is 9.30. The van der Waals surface area contributed by atoms with Crippen molar-refractivity contribution >= 4 is 10.8 Å². The molecule has 26 heavy (non-hydrogen) atoms. The van der Waals surface area contributed by atoms with Gasteiger partial charge in [0.25, 0.3) is 0 Å². The molecule has 0 saturated carbocycles. The summed E-state index contributed by atoms with van der Waals surface area (Å²) in [7, 11) is 0. The summed E-state index contributed by atoms with van der Waals surface area (Å²) in [6.45, 7) is 6.87. The molecular weight excluding hydrogens is 312 g/mol. The maximum absolute atomic E-state index is 2.41. The van der Waals surface area contributed by atoms with E-state index >= 15 is 0 Å². The molecule has 0 bridgehead atoms. The van der Waals surface area contributed by atoms with E-state index in [-0.39, 0.29) is 5.41 Å². The molecule has 1 aliphatic rings. The molecule has 0 unspecified atom stereocenters. The molecule has 5 rings (SSSR count). The Balaban J connectivity index is 1.75. The van der Waals surface area contributed by atoms with Crippen molar-refractivity contribution in [3.05, 3.63) is 95.6 Å². The molecule has 4 aromatic carbocycles. The molecule has 0 atom stereocenters. The number of fused-ring (bicyclic) bond motifs is 4. The van der Waals surface area contributed by atoms with Crippen molar-refractivity contribution in [2.24, 2.45) is 0 Å². The Morgan fingerprint density at radius 1 is 0.615 bits per heavy atom. The molecule has 0 saturated heterocycles. The third-order valence-electron chi connectivity index (χ3n) is 5.93. The summed E-state index contributed by atoms with van der Waals surface area (Å²) >= 11 is 0. The molecule has 0 fully saturated rings. The van der Waals surface area contributed by atoms with E-state index < -0.39 is 0 Å². The van der Waals surface area contributed by atoms with Crippen LogP contribution >= 0.6 is 0 Å². The number of rotatable bonds is 1. The fourth-order valence-corrected chi connectivity index (χ4v) is 4.51. The molecule has 0 amide bonds. The minimum Gasteiger partial charge on any atom is -0.0616 e. The van der Waals surface area contributed by atoms with Crippen molar-refractivity contribution in [3.8, 4) is 22.3 Å². The smallest absolute Gasteiger partial charge is 0.0159 e. The van der Waals surface area contributed by atoms with Gasteiger partial charge in [0, 0.05) is 5.41 Å². The minimum atomic E-state index is 0.0406. The van der Waals surface area contributed by atoms with Gasteiger partial charge in [-0.25, -0.2) is 0 Å². The van der Waals surface area contributed by atoms with E-state index in [0.29, 0.717) is 0 Å². The van der Waals surface area contributed by atoms with Crippen LogP contribution in [0, 0.1) is 6.92 Å². The van der Waals surface area contributed by atoms with Gasteiger partial charge in [-0.2, -0.15) is 0 Å². The average molecular weight is 334 g/mol. The zero-order valence-electron chi connectivity index (χ0n) is 15.5. The first-order valence-electron chi connectivity index (χ1n) is 9.30. The topological polar surface area (TPSA) is 0 Å². The lowest BCUT2D eigenvalue weighted by atomic mass is 9.81. The van der Waals surface area contributed by atoms with Crippen LogP contribution in [0.25, 0.3) is 33.0 Å². The van der Waals surface area contributed by atoms with Crippen LogP contribution < -0.4 is 0 Å². The molecule has 0 aromatic heterocycles. The van der Waals surface area contributed by atoms with Crippen molar-refractivity contribution in [2.75, 3.05) is 0 Å². The van der Waals surface area contributed by atoms with Crippen molar-refractivity contribution in [3.63, 3.8) is 0 Å². The molecule has 0 aliphatic heterocycles. The predicted octanol–water partition coefficient (Wildman–Crippen LogP) is 7.12. The highest BCUT2D eigenvalue weighted by molar-refractivity contribution is 5.97. The zero-order chi connectivity index (χ0) is 17.9. The fraction of sp³-hybridized carbons (Fsp3) is 0.154. The van der Waals surface area contributed by atoms with Gasteiger partial charge in [-0.15, -0.1) is 0 Å². The van der Waals surface area contributed by atoms with Gasteiger partial charge in [0.1, 0.15) is 0 Å². The van der Waals surface area contributed by atoms with E-state index in [1.54, 1.807) is 0 Å². The van der Waals surface area contributed by atoms with Gasteiger partial charge in [0.15, 0.2) is 0 Å². The highest BCUT2D eigenvalue weighted by Crippen LogP contribution is 2.50. The van der Waals surface area contributed by atoms with Gasteiger partial charge in [-0.3, -0.25) is 0 Å². The van der Waals surface area contributed by atoms with E-state index in [2.05, 4.69) is 99.6 Å². The summed E-state index contributed by atoms with van der Waals surface area (Å²) in [4.78, 5) is 0. The first kappa shape index (κ1) is 15.4. The third-order valence-corrected chi connectivity index (χ3v) is 5.93. The summed E-state index contributed by atoms with van der Waals surface area (Å²) in [6.07, 6.45) is 0. The minimum absolute atomic E-state index is 0.0406. The summed E-state index contributed by atoms with van der Waals surface area (Å²) in [6, 6.07) is 29.1. The summed E-state index contributed by atoms with van der Waals surface area (Å²) in [5.74, 6) is 0. The van der Waals surface area contributed by atoms with Gasteiger partial charge >= 0.3 is 0 Å². The van der Waals surface area contributed by atoms with Crippen LogP contribution in [0.2, 0.25) is 0 Å². The highest BCUT2D eigenvalue weighted by Gasteiger charge is 2.35. The molecule has 0 radical (unpaired) electrons. The summed E-state index contributed by atoms with van der Waals surface area (Å²) in [5, 5.41) is 2.61. The highest BCUT2D eigenvalue weighted by atomic mass is 14.4. The lowest BCUT2D eigenvalue weighted by Gasteiger charge is -2.22. The van der Waals surface area contributed by atoms with Gasteiger partial charge in [-0.1, -0.05) is 92.2 Å². The van der Waals surface area contributed by atoms with E-state index in [1.807, 2.05) is 0 Å². The van der Waals surface area contributed by atoms with Gasteiger partial charge < -0.3 is 0 Å². The standard InChI is InChI=1S/C26H22/c1-17-11-14-24-23(15-17)22-13-12-19(16-25(22)26(24,2)3)21-10-6-8-18-7-4-5-9-20(18)21/h4-16H,1-3H3. The quantitative estimate of drug-likeness (QED) is 0.347. The maximum Gasteiger partial charge on any atom is 0.0159 e. The third kappa shape index (κ3) is 2.08. The second-order valence-corrected chi connectivity index (χ2v) is 7.96. The predicted molar refractivity (Wildman–Crippen MR) is 112 cm³/mol. The Bertz CT molecular complexity index is 1160. The lowest BCUT2D eigenvalue weighted by molar-refractivity contribution is 0.660. The Labute approximate surface area is 155 Å². The maximum atomic E-state index is 2.41. The number of hydrogen-bond donors (Lipinski definition) is 0. The molecule has 1 aliphatic carbocycles. The van der Waals surface area contributed by atoms with Crippen molar-refractivity contribution in [2.45, 2.75) is 26.2 Å². The second-order valence-electron chi connectivity index (χ2n) is 7.96. The van der Waals surface area contributed by atoms with E-state index in [1.165, 1.54) is 49.7 Å². The van der Waals surface area contributed by atoms with Crippen LogP contribution in [0.5, 0.6) is 0 Å². The van der Waals surface area contributed by atoms with Gasteiger partial charge in [0.05, 0.1) is 0 Å². The molecule has 0 spiro atoms. The monoisotopic (exact) mass is 334 g/mol.